The van der Waals surface area contributed by atoms with Crippen molar-refractivity contribution in [3.05, 3.63) is 64.7 Å². The summed E-state index contributed by atoms with van der Waals surface area (Å²) in [6, 6.07) is 13.9. The van der Waals surface area contributed by atoms with Crippen LogP contribution in [0.15, 0.2) is 42.5 Å². The van der Waals surface area contributed by atoms with Crippen LogP contribution in [0.1, 0.15) is 46.8 Å². The van der Waals surface area contributed by atoms with Crippen LogP contribution in [0.2, 0.25) is 0 Å². The maximum absolute atomic E-state index is 11.5. The number of carbonyl (C=O) groups is 1. The van der Waals surface area contributed by atoms with E-state index in [1.165, 1.54) is 5.56 Å². The second kappa shape index (κ2) is 7.32. The molecule has 0 aliphatic rings. The molecule has 0 saturated carbocycles. The molecule has 3 heteroatoms. The molecule has 2 rings (SSSR count). The molecule has 0 bridgehead atoms. The Morgan fingerprint density at radius 1 is 1.19 bits per heavy atom. The monoisotopic (exact) mass is 299 g/mol. The number of rotatable bonds is 6. The van der Waals surface area contributed by atoms with Gasteiger partial charge in [0, 0.05) is 11.3 Å². The van der Waals surface area contributed by atoms with Gasteiger partial charge in [0.15, 0.2) is 0 Å². The van der Waals surface area contributed by atoms with E-state index in [1.807, 2.05) is 24.3 Å². The van der Waals surface area contributed by atoms with E-state index in [-0.39, 0.29) is 5.12 Å². The van der Waals surface area contributed by atoms with Gasteiger partial charge in [-0.25, -0.2) is 0 Å². The molecule has 2 N–H and O–H groups in total. The fraction of sp³-hybridized carbons (Fsp3) is 0.278. The van der Waals surface area contributed by atoms with Crippen molar-refractivity contribution in [1.29, 1.82) is 0 Å². The van der Waals surface area contributed by atoms with E-state index in [0.29, 0.717) is 11.3 Å². The Morgan fingerprint density at radius 3 is 2.52 bits per heavy atom. The Morgan fingerprint density at radius 2 is 1.90 bits per heavy atom. The first-order valence-corrected chi connectivity index (χ1v) is 7.75. The first-order valence-electron chi connectivity index (χ1n) is 7.30. The zero-order chi connectivity index (χ0) is 15.2. The zero-order valence-corrected chi connectivity index (χ0v) is 13.2. The summed E-state index contributed by atoms with van der Waals surface area (Å²) < 4.78 is 0. The highest BCUT2D eigenvalue weighted by Crippen LogP contribution is 2.25. The molecule has 0 fully saturated rings. The van der Waals surface area contributed by atoms with E-state index in [2.05, 4.69) is 31.7 Å². The summed E-state index contributed by atoms with van der Waals surface area (Å²) in [4.78, 5) is 11.5. The van der Waals surface area contributed by atoms with Crippen molar-refractivity contribution >= 4 is 23.4 Å². The molecule has 0 aliphatic heterocycles. The zero-order valence-electron chi connectivity index (χ0n) is 12.3. The minimum absolute atomic E-state index is 0.231. The molecule has 0 radical (unpaired) electrons. The van der Waals surface area contributed by atoms with Crippen molar-refractivity contribution in [1.82, 2.24) is 0 Å². The van der Waals surface area contributed by atoms with Gasteiger partial charge in [-0.1, -0.05) is 43.7 Å². The third kappa shape index (κ3) is 4.11. The predicted octanol–water partition coefficient (Wildman–Crippen LogP) is 4.27. The van der Waals surface area contributed by atoms with Crippen LogP contribution in [0.3, 0.4) is 0 Å². The molecule has 21 heavy (non-hydrogen) atoms. The number of benzene rings is 2. The van der Waals surface area contributed by atoms with Gasteiger partial charge < -0.3 is 5.73 Å². The number of thiol groups is 1. The number of hydrogen-bond acceptors (Lipinski definition) is 2. The van der Waals surface area contributed by atoms with Crippen molar-refractivity contribution in [2.45, 2.75) is 32.6 Å². The van der Waals surface area contributed by atoms with Crippen molar-refractivity contribution in [3.63, 3.8) is 0 Å². The van der Waals surface area contributed by atoms with Crippen LogP contribution in [0.25, 0.3) is 0 Å². The lowest BCUT2D eigenvalue weighted by Crippen LogP contribution is -2.05. The summed E-state index contributed by atoms with van der Waals surface area (Å²) in [5.41, 5.74) is 11.0. The fourth-order valence-electron chi connectivity index (χ4n) is 2.49. The summed E-state index contributed by atoms with van der Waals surface area (Å²) in [7, 11) is 0. The second-order valence-electron chi connectivity index (χ2n) is 5.27. The summed E-state index contributed by atoms with van der Waals surface area (Å²) in [6.07, 6.45) is 3.94. The molecule has 0 aromatic heterocycles. The van der Waals surface area contributed by atoms with Gasteiger partial charge in [-0.2, -0.15) is 0 Å². The third-order valence-electron chi connectivity index (χ3n) is 3.65. The third-order valence-corrected chi connectivity index (χ3v) is 3.91. The van der Waals surface area contributed by atoms with E-state index in [4.69, 9.17) is 5.73 Å². The molecule has 0 saturated heterocycles. The average molecular weight is 299 g/mol. The van der Waals surface area contributed by atoms with Gasteiger partial charge in [0.2, 0.25) is 5.12 Å². The molecule has 0 heterocycles. The Bertz CT molecular complexity index is 623. The number of nitrogens with two attached hydrogens (primary N) is 1. The topological polar surface area (TPSA) is 43.1 Å². The average Bonchev–Trinajstić information content (AvgIpc) is 2.48. The Kier molecular flexibility index (Phi) is 5.45. The quantitative estimate of drug-likeness (QED) is 0.618. The van der Waals surface area contributed by atoms with Crippen molar-refractivity contribution in [2.24, 2.45) is 0 Å². The summed E-state index contributed by atoms with van der Waals surface area (Å²) in [5.74, 6) is 0. The lowest BCUT2D eigenvalue weighted by atomic mass is 9.93. The molecule has 0 spiro atoms. The Balaban J connectivity index is 2.39. The normalized spacial score (nSPS) is 10.6. The number of anilines is 1. The number of hydrogen-bond donors (Lipinski definition) is 2. The van der Waals surface area contributed by atoms with Crippen molar-refractivity contribution in [2.75, 3.05) is 5.73 Å². The molecule has 2 aromatic carbocycles. The molecular formula is C18H21NOS. The first-order chi connectivity index (χ1) is 10.1. The molecule has 2 aromatic rings. The maximum Gasteiger partial charge on any atom is 0.216 e. The molecule has 110 valence electrons. The molecule has 0 amide bonds. The first kappa shape index (κ1) is 15.6. The minimum atomic E-state index is -0.231. The number of unbranched alkanes of at least 4 members (excludes halogenated alkanes) is 1. The molecular weight excluding hydrogens is 278 g/mol. The van der Waals surface area contributed by atoms with Crippen molar-refractivity contribution < 1.29 is 4.79 Å². The number of aryl methyl sites for hydroxylation is 1. The van der Waals surface area contributed by atoms with Gasteiger partial charge in [0.1, 0.15) is 0 Å². The van der Waals surface area contributed by atoms with Crippen LogP contribution in [-0.4, -0.2) is 5.12 Å². The van der Waals surface area contributed by atoms with E-state index in [1.54, 1.807) is 6.07 Å². The smallest absolute Gasteiger partial charge is 0.216 e. The van der Waals surface area contributed by atoms with E-state index >= 15 is 0 Å². The highest BCUT2D eigenvalue weighted by atomic mass is 32.1. The van der Waals surface area contributed by atoms with Crippen LogP contribution in [0.4, 0.5) is 5.69 Å². The van der Waals surface area contributed by atoms with Crippen molar-refractivity contribution in [3.8, 4) is 0 Å². The van der Waals surface area contributed by atoms with E-state index in [9.17, 15) is 4.79 Å². The van der Waals surface area contributed by atoms with Gasteiger partial charge in [0.25, 0.3) is 0 Å². The fourth-order valence-corrected chi connectivity index (χ4v) is 2.61. The highest BCUT2D eigenvalue weighted by molar-refractivity contribution is 7.97. The second-order valence-corrected chi connectivity index (χ2v) is 5.68. The highest BCUT2D eigenvalue weighted by Gasteiger charge is 2.12. The van der Waals surface area contributed by atoms with Gasteiger partial charge >= 0.3 is 0 Å². The molecule has 0 atom stereocenters. The predicted molar refractivity (Wildman–Crippen MR) is 92.0 cm³/mol. The lowest BCUT2D eigenvalue weighted by molar-refractivity contribution is 0.109. The molecule has 0 unspecified atom stereocenters. The molecule has 2 nitrogen and oxygen atoms in total. The summed E-state index contributed by atoms with van der Waals surface area (Å²) >= 11 is 3.91. The van der Waals surface area contributed by atoms with Gasteiger partial charge in [0.05, 0.1) is 0 Å². The van der Waals surface area contributed by atoms with Crippen LogP contribution in [-0.2, 0) is 12.8 Å². The van der Waals surface area contributed by atoms with E-state index in [0.717, 1.165) is 36.8 Å². The summed E-state index contributed by atoms with van der Waals surface area (Å²) in [6.45, 7) is 2.16. The van der Waals surface area contributed by atoms with Crippen LogP contribution in [0, 0.1) is 0 Å². The number of nitrogen functional groups attached to an aromatic ring is 1. The Labute approximate surface area is 131 Å². The van der Waals surface area contributed by atoms with Crippen LogP contribution in [0.5, 0.6) is 0 Å². The number of carbonyl (C=O) groups excluding carboxylic acids is 1. The minimum Gasteiger partial charge on any atom is -0.398 e. The maximum atomic E-state index is 11.5. The van der Waals surface area contributed by atoms with E-state index < -0.39 is 0 Å². The van der Waals surface area contributed by atoms with Crippen LogP contribution >= 0.6 is 12.6 Å². The lowest BCUT2D eigenvalue weighted by Gasteiger charge is -2.14. The summed E-state index contributed by atoms with van der Waals surface area (Å²) in [5, 5.41) is -0.231. The largest absolute Gasteiger partial charge is 0.398 e. The van der Waals surface area contributed by atoms with Gasteiger partial charge in [-0.3, -0.25) is 4.79 Å². The van der Waals surface area contributed by atoms with Gasteiger partial charge in [-0.15, -0.1) is 12.6 Å². The van der Waals surface area contributed by atoms with Crippen LogP contribution < -0.4 is 5.73 Å². The standard InChI is InChI=1S/C18H21NOS/c1-2-3-9-14-11-15(18(20)21)12-17(19)16(14)10-13-7-5-4-6-8-13/h4-8,11-12H,2-3,9-10,19H2,1H3,(H,20,21). The molecule has 0 aliphatic carbocycles. The van der Waals surface area contributed by atoms with Gasteiger partial charge in [-0.05, 0) is 48.1 Å². The SMILES string of the molecule is CCCCc1cc(C(=O)S)cc(N)c1Cc1ccccc1. The Hall–Kier alpha value is -1.74.